The highest BCUT2D eigenvalue weighted by Gasteiger charge is 2.10. The zero-order chi connectivity index (χ0) is 14.5. The van der Waals surface area contributed by atoms with Crippen LogP contribution in [-0.4, -0.2) is 7.11 Å². The van der Waals surface area contributed by atoms with Crippen molar-refractivity contribution in [2.75, 3.05) is 7.11 Å². The molecular formula is C17H16BrNO. The molecule has 0 aromatic heterocycles. The number of rotatable bonds is 4. The lowest BCUT2D eigenvalue weighted by Gasteiger charge is -2.10. The van der Waals surface area contributed by atoms with Crippen LogP contribution in [0, 0.1) is 11.3 Å². The van der Waals surface area contributed by atoms with E-state index in [1.807, 2.05) is 30.3 Å². The van der Waals surface area contributed by atoms with Crippen LogP contribution in [0.25, 0.3) is 11.1 Å². The van der Waals surface area contributed by atoms with Crippen molar-refractivity contribution < 1.29 is 4.74 Å². The average Bonchev–Trinajstić information content (AvgIpc) is 2.49. The number of hydrogen-bond donors (Lipinski definition) is 0. The number of ether oxygens (including phenoxy) is 1. The molecule has 2 aromatic carbocycles. The number of halogens is 1. The smallest absolute Gasteiger partial charge is 0.118 e. The summed E-state index contributed by atoms with van der Waals surface area (Å²) in [7, 11) is 1.65. The van der Waals surface area contributed by atoms with Crippen LogP contribution in [0.1, 0.15) is 24.5 Å². The molecule has 2 rings (SSSR count). The average molecular weight is 330 g/mol. The molecule has 0 bridgehead atoms. The van der Waals surface area contributed by atoms with Gasteiger partial charge in [-0.2, -0.15) is 5.26 Å². The van der Waals surface area contributed by atoms with Crippen LogP contribution in [0.2, 0.25) is 0 Å². The van der Waals surface area contributed by atoms with Gasteiger partial charge in [0, 0.05) is 4.47 Å². The van der Waals surface area contributed by atoms with E-state index in [0.29, 0.717) is 5.56 Å². The molecule has 0 atom stereocenters. The van der Waals surface area contributed by atoms with Gasteiger partial charge in [-0.3, -0.25) is 0 Å². The van der Waals surface area contributed by atoms with Crippen molar-refractivity contribution >= 4 is 15.9 Å². The minimum Gasteiger partial charge on any atom is -0.497 e. The largest absolute Gasteiger partial charge is 0.497 e. The van der Waals surface area contributed by atoms with Crippen molar-refractivity contribution in [3.05, 3.63) is 52.0 Å². The lowest BCUT2D eigenvalue weighted by atomic mass is 9.98. The van der Waals surface area contributed by atoms with Gasteiger partial charge in [-0.15, -0.1) is 0 Å². The van der Waals surface area contributed by atoms with E-state index >= 15 is 0 Å². The van der Waals surface area contributed by atoms with Gasteiger partial charge in [0.15, 0.2) is 0 Å². The van der Waals surface area contributed by atoms with E-state index < -0.39 is 0 Å². The summed E-state index contributed by atoms with van der Waals surface area (Å²) >= 11 is 3.55. The number of nitrogens with zero attached hydrogens (tertiary/aromatic N) is 1. The Hall–Kier alpha value is -1.79. The zero-order valence-corrected chi connectivity index (χ0v) is 13.2. The van der Waals surface area contributed by atoms with Crippen molar-refractivity contribution in [1.82, 2.24) is 0 Å². The number of nitriles is 1. The summed E-state index contributed by atoms with van der Waals surface area (Å²) in [6.07, 6.45) is 2.04. The third-order valence-electron chi connectivity index (χ3n) is 3.19. The van der Waals surface area contributed by atoms with Gasteiger partial charge in [0.25, 0.3) is 0 Å². The highest BCUT2D eigenvalue weighted by Crippen LogP contribution is 2.33. The van der Waals surface area contributed by atoms with Gasteiger partial charge in [0.1, 0.15) is 11.8 Å². The first-order valence-electron chi connectivity index (χ1n) is 6.56. The third kappa shape index (κ3) is 3.02. The Bertz CT molecular complexity index is 641. The predicted molar refractivity (Wildman–Crippen MR) is 84.8 cm³/mol. The Balaban J connectivity index is 2.53. The molecule has 0 saturated carbocycles. The SMILES string of the molecule is CCCc1cc(C#N)c(Br)c(-c2ccc(OC)cc2)c1. The van der Waals surface area contributed by atoms with Crippen LogP contribution >= 0.6 is 15.9 Å². The number of hydrogen-bond acceptors (Lipinski definition) is 2. The van der Waals surface area contributed by atoms with Crippen LogP contribution in [0.3, 0.4) is 0 Å². The molecule has 0 heterocycles. The maximum absolute atomic E-state index is 9.26. The molecule has 20 heavy (non-hydrogen) atoms. The summed E-state index contributed by atoms with van der Waals surface area (Å²) in [6, 6.07) is 14.2. The van der Waals surface area contributed by atoms with Gasteiger partial charge in [0.2, 0.25) is 0 Å². The number of benzene rings is 2. The second kappa shape index (κ2) is 6.58. The first-order chi connectivity index (χ1) is 9.69. The summed E-state index contributed by atoms with van der Waals surface area (Å²) in [5.41, 5.74) is 4.00. The molecule has 2 aromatic rings. The highest BCUT2D eigenvalue weighted by molar-refractivity contribution is 9.10. The number of aryl methyl sites for hydroxylation is 1. The molecule has 0 spiro atoms. The van der Waals surface area contributed by atoms with Crippen LogP contribution in [-0.2, 0) is 6.42 Å². The lowest BCUT2D eigenvalue weighted by Crippen LogP contribution is -1.91. The Kier molecular flexibility index (Phi) is 4.81. The van der Waals surface area contributed by atoms with Crippen molar-refractivity contribution in [2.45, 2.75) is 19.8 Å². The monoisotopic (exact) mass is 329 g/mol. The Morgan fingerprint density at radius 1 is 1.20 bits per heavy atom. The van der Waals surface area contributed by atoms with E-state index in [0.717, 1.165) is 34.2 Å². The molecule has 0 saturated heterocycles. The number of methoxy groups -OCH3 is 1. The molecule has 0 amide bonds. The van der Waals surface area contributed by atoms with Crippen LogP contribution in [0.5, 0.6) is 5.75 Å². The van der Waals surface area contributed by atoms with E-state index in [-0.39, 0.29) is 0 Å². The molecule has 0 radical (unpaired) electrons. The normalized spacial score (nSPS) is 10.1. The second-order valence-corrected chi connectivity index (χ2v) is 5.39. The van der Waals surface area contributed by atoms with Crippen LogP contribution < -0.4 is 4.74 Å². The molecule has 3 heteroatoms. The fourth-order valence-corrected chi connectivity index (χ4v) is 2.73. The third-order valence-corrected chi connectivity index (χ3v) is 4.05. The fraction of sp³-hybridized carbons (Fsp3) is 0.235. The standard InChI is InChI=1S/C17H16BrNO/c1-3-4-12-9-14(11-19)17(18)16(10-12)13-5-7-15(20-2)8-6-13/h5-10H,3-4H2,1-2H3. The Morgan fingerprint density at radius 3 is 2.45 bits per heavy atom. The van der Waals surface area contributed by atoms with Crippen LogP contribution in [0.15, 0.2) is 40.9 Å². The molecule has 0 N–H and O–H groups in total. The second-order valence-electron chi connectivity index (χ2n) is 4.60. The first kappa shape index (κ1) is 14.6. The Morgan fingerprint density at radius 2 is 1.90 bits per heavy atom. The molecule has 0 aliphatic heterocycles. The van der Waals surface area contributed by atoms with E-state index in [9.17, 15) is 5.26 Å². The molecule has 2 nitrogen and oxygen atoms in total. The summed E-state index contributed by atoms with van der Waals surface area (Å²) < 4.78 is 6.03. The summed E-state index contributed by atoms with van der Waals surface area (Å²) in [5, 5.41) is 9.26. The maximum atomic E-state index is 9.26. The molecule has 0 aliphatic rings. The van der Waals surface area contributed by atoms with E-state index in [4.69, 9.17) is 4.74 Å². The maximum Gasteiger partial charge on any atom is 0.118 e. The highest BCUT2D eigenvalue weighted by atomic mass is 79.9. The first-order valence-corrected chi connectivity index (χ1v) is 7.35. The molecule has 0 aliphatic carbocycles. The van der Waals surface area contributed by atoms with Gasteiger partial charge in [-0.05, 0) is 63.3 Å². The van der Waals surface area contributed by atoms with Crippen molar-refractivity contribution in [2.24, 2.45) is 0 Å². The summed E-state index contributed by atoms with van der Waals surface area (Å²) in [4.78, 5) is 0. The zero-order valence-electron chi connectivity index (χ0n) is 11.6. The quantitative estimate of drug-likeness (QED) is 0.795. The molecule has 102 valence electrons. The molecule has 0 fully saturated rings. The van der Waals surface area contributed by atoms with Gasteiger partial charge < -0.3 is 4.74 Å². The van der Waals surface area contributed by atoms with Crippen LogP contribution in [0.4, 0.5) is 0 Å². The van der Waals surface area contributed by atoms with Crippen molar-refractivity contribution in [3.63, 3.8) is 0 Å². The van der Waals surface area contributed by atoms with E-state index in [1.54, 1.807) is 7.11 Å². The van der Waals surface area contributed by atoms with Gasteiger partial charge in [0.05, 0.1) is 12.7 Å². The fourth-order valence-electron chi connectivity index (χ4n) is 2.18. The predicted octanol–water partition coefficient (Wildman–Crippen LogP) is 4.95. The molecular weight excluding hydrogens is 314 g/mol. The summed E-state index contributed by atoms with van der Waals surface area (Å²) in [5.74, 6) is 0.829. The van der Waals surface area contributed by atoms with E-state index in [2.05, 4.69) is 35.0 Å². The van der Waals surface area contributed by atoms with Crippen molar-refractivity contribution in [3.8, 4) is 22.9 Å². The van der Waals surface area contributed by atoms with Gasteiger partial charge >= 0.3 is 0 Å². The van der Waals surface area contributed by atoms with Gasteiger partial charge in [-0.25, -0.2) is 0 Å². The van der Waals surface area contributed by atoms with Crippen molar-refractivity contribution in [1.29, 1.82) is 5.26 Å². The minimum absolute atomic E-state index is 0.682. The lowest BCUT2D eigenvalue weighted by molar-refractivity contribution is 0.415. The summed E-state index contributed by atoms with van der Waals surface area (Å²) in [6.45, 7) is 2.14. The van der Waals surface area contributed by atoms with E-state index in [1.165, 1.54) is 5.56 Å². The Labute approximate surface area is 128 Å². The molecule has 0 unspecified atom stereocenters. The minimum atomic E-state index is 0.682. The van der Waals surface area contributed by atoms with Gasteiger partial charge in [-0.1, -0.05) is 25.5 Å². The topological polar surface area (TPSA) is 33.0 Å².